The maximum Gasteiger partial charge on any atom is 0.270 e. The Morgan fingerprint density at radius 1 is 1.29 bits per heavy atom. The first-order chi connectivity index (χ1) is 10.0. The highest BCUT2D eigenvalue weighted by atomic mass is 127. The van der Waals surface area contributed by atoms with Crippen molar-refractivity contribution in [1.82, 2.24) is 0 Å². The molecule has 0 aliphatic heterocycles. The van der Waals surface area contributed by atoms with Gasteiger partial charge in [0.25, 0.3) is 11.6 Å². The maximum atomic E-state index is 12.2. The van der Waals surface area contributed by atoms with Crippen molar-refractivity contribution in [2.75, 3.05) is 5.32 Å². The number of nitro benzene ring substituents is 1. The second kappa shape index (κ2) is 6.37. The molecule has 21 heavy (non-hydrogen) atoms. The summed E-state index contributed by atoms with van der Waals surface area (Å²) in [5.74, 6) is 2.05. The van der Waals surface area contributed by atoms with Crippen molar-refractivity contribution in [3.05, 3.63) is 67.3 Å². The van der Waals surface area contributed by atoms with Crippen molar-refractivity contribution in [2.24, 2.45) is 0 Å². The van der Waals surface area contributed by atoms with Crippen LogP contribution in [-0.2, 0) is 0 Å². The van der Waals surface area contributed by atoms with Crippen LogP contribution in [0.25, 0.3) is 0 Å². The fraction of sp³-hybridized carbons (Fsp3) is 0. The van der Waals surface area contributed by atoms with Gasteiger partial charge in [-0.05, 0) is 46.9 Å². The number of hydrogen-bond acceptors (Lipinski definition) is 3. The fourth-order valence-electron chi connectivity index (χ4n) is 1.69. The lowest BCUT2D eigenvalue weighted by Gasteiger charge is -2.07. The molecule has 0 spiro atoms. The number of rotatable bonds is 3. The van der Waals surface area contributed by atoms with Gasteiger partial charge in [0.15, 0.2) is 0 Å². The Hall–Kier alpha value is -2.40. The number of non-ortho nitro benzene ring substituents is 1. The molecule has 0 aromatic heterocycles. The van der Waals surface area contributed by atoms with E-state index in [9.17, 15) is 14.9 Å². The second-order valence-corrected chi connectivity index (χ2v) is 5.26. The van der Waals surface area contributed by atoms with Gasteiger partial charge < -0.3 is 5.32 Å². The van der Waals surface area contributed by atoms with Crippen molar-refractivity contribution in [2.45, 2.75) is 0 Å². The van der Waals surface area contributed by atoms with Gasteiger partial charge in [-0.3, -0.25) is 14.9 Å². The van der Waals surface area contributed by atoms with Crippen molar-refractivity contribution in [1.29, 1.82) is 0 Å². The Balaban J connectivity index is 2.30. The molecule has 0 aliphatic carbocycles. The third kappa shape index (κ3) is 3.58. The number of benzene rings is 2. The Bertz CT molecular complexity index is 766. The fourth-order valence-corrected chi connectivity index (χ4v) is 2.27. The van der Waals surface area contributed by atoms with Gasteiger partial charge in [0.2, 0.25) is 0 Å². The van der Waals surface area contributed by atoms with Gasteiger partial charge >= 0.3 is 0 Å². The molecule has 0 fully saturated rings. The smallest absolute Gasteiger partial charge is 0.270 e. The van der Waals surface area contributed by atoms with Crippen LogP contribution in [0.4, 0.5) is 11.4 Å². The van der Waals surface area contributed by atoms with Crippen molar-refractivity contribution >= 4 is 39.9 Å². The molecule has 1 amide bonds. The first-order valence-electron chi connectivity index (χ1n) is 5.83. The van der Waals surface area contributed by atoms with Crippen LogP contribution in [-0.4, -0.2) is 10.8 Å². The van der Waals surface area contributed by atoms with Crippen LogP contribution in [0, 0.1) is 26.0 Å². The van der Waals surface area contributed by atoms with E-state index < -0.39 is 10.8 Å². The average Bonchev–Trinajstić information content (AvgIpc) is 2.47. The summed E-state index contributed by atoms with van der Waals surface area (Å²) in [4.78, 5) is 22.5. The number of terminal acetylenes is 1. The van der Waals surface area contributed by atoms with Gasteiger partial charge in [-0.15, -0.1) is 6.42 Å². The molecule has 0 aliphatic rings. The third-order valence-electron chi connectivity index (χ3n) is 2.69. The quantitative estimate of drug-likeness (QED) is 0.377. The van der Waals surface area contributed by atoms with Gasteiger partial charge in [-0.1, -0.05) is 12.0 Å². The molecule has 2 rings (SSSR count). The largest absolute Gasteiger partial charge is 0.322 e. The average molecular weight is 392 g/mol. The van der Waals surface area contributed by atoms with Gasteiger partial charge in [-0.2, -0.15) is 0 Å². The maximum absolute atomic E-state index is 12.2. The zero-order chi connectivity index (χ0) is 15.4. The zero-order valence-electron chi connectivity index (χ0n) is 10.7. The summed E-state index contributed by atoms with van der Waals surface area (Å²) in [6, 6.07) is 11.0. The summed E-state index contributed by atoms with van der Waals surface area (Å²) in [7, 11) is 0. The molecule has 5 nitrogen and oxygen atoms in total. The molecule has 0 saturated heterocycles. The summed E-state index contributed by atoms with van der Waals surface area (Å²) in [6.45, 7) is 0. The highest BCUT2D eigenvalue weighted by Crippen LogP contribution is 2.21. The molecular formula is C15H9IN2O3. The summed E-state index contributed by atoms with van der Waals surface area (Å²) in [5, 5.41) is 13.5. The third-order valence-corrected chi connectivity index (χ3v) is 3.63. The first-order valence-corrected chi connectivity index (χ1v) is 6.91. The number of halogens is 1. The van der Waals surface area contributed by atoms with Crippen LogP contribution in [0.15, 0.2) is 42.5 Å². The van der Waals surface area contributed by atoms with Gasteiger partial charge in [0, 0.05) is 27.0 Å². The molecule has 0 bridgehead atoms. The number of nitrogens with zero attached hydrogens (tertiary/aromatic N) is 1. The molecule has 104 valence electrons. The van der Waals surface area contributed by atoms with Crippen molar-refractivity contribution < 1.29 is 9.72 Å². The molecule has 0 radical (unpaired) electrons. The molecule has 0 unspecified atom stereocenters. The van der Waals surface area contributed by atoms with E-state index in [1.165, 1.54) is 18.2 Å². The van der Waals surface area contributed by atoms with Crippen LogP contribution in [0.5, 0.6) is 0 Å². The van der Waals surface area contributed by atoms with Crippen LogP contribution in [0.3, 0.4) is 0 Å². The normalized spacial score (nSPS) is 9.71. The van der Waals surface area contributed by atoms with Crippen molar-refractivity contribution in [3.8, 4) is 12.3 Å². The van der Waals surface area contributed by atoms with E-state index >= 15 is 0 Å². The lowest BCUT2D eigenvalue weighted by Crippen LogP contribution is -2.13. The van der Waals surface area contributed by atoms with E-state index in [2.05, 4.69) is 11.2 Å². The number of amides is 1. The number of nitrogens with one attached hydrogen (secondary N) is 1. The Morgan fingerprint density at radius 2 is 2.05 bits per heavy atom. The van der Waals surface area contributed by atoms with E-state index in [-0.39, 0.29) is 11.3 Å². The minimum atomic E-state index is -0.536. The Morgan fingerprint density at radius 3 is 2.71 bits per heavy atom. The molecule has 0 atom stereocenters. The van der Waals surface area contributed by atoms with E-state index in [0.717, 1.165) is 0 Å². The molecule has 1 N–H and O–H groups in total. The van der Waals surface area contributed by atoms with E-state index in [1.807, 2.05) is 22.6 Å². The minimum Gasteiger partial charge on any atom is -0.322 e. The lowest BCUT2D eigenvalue weighted by atomic mass is 10.1. The molecule has 2 aromatic carbocycles. The molecule has 2 aromatic rings. The standard InChI is InChI=1S/C15H9IN2O3/c1-2-10-4-3-5-11(8-10)17-15(19)13-9-12(18(20)21)6-7-14(13)16/h1,3-9H,(H,17,19). The molecule has 6 heteroatoms. The molecule has 0 heterocycles. The predicted octanol–water partition coefficient (Wildman–Crippen LogP) is 3.43. The number of hydrogen-bond donors (Lipinski definition) is 1. The van der Waals surface area contributed by atoms with Crippen LogP contribution in [0.2, 0.25) is 0 Å². The van der Waals surface area contributed by atoms with E-state index in [1.54, 1.807) is 24.3 Å². The van der Waals surface area contributed by atoms with E-state index in [0.29, 0.717) is 14.8 Å². The van der Waals surface area contributed by atoms with E-state index in [4.69, 9.17) is 6.42 Å². The number of nitro groups is 1. The van der Waals surface area contributed by atoms with Crippen LogP contribution >= 0.6 is 22.6 Å². The van der Waals surface area contributed by atoms with Crippen LogP contribution < -0.4 is 5.32 Å². The minimum absolute atomic E-state index is 0.127. The summed E-state index contributed by atoms with van der Waals surface area (Å²) in [5.41, 5.74) is 1.30. The number of carbonyl (C=O) groups is 1. The van der Waals surface area contributed by atoms with Gasteiger partial charge in [-0.25, -0.2) is 0 Å². The van der Waals surface area contributed by atoms with Gasteiger partial charge in [0.05, 0.1) is 10.5 Å². The zero-order valence-corrected chi connectivity index (χ0v) is 12.8. The number of carbonyl (C=O) groups excluding carboxylic acids is 1. The molecule has 0 saturated carbocycles. The lowest BCUT2D eigenvalue weighted by molar-refractivity contribution is -0.384. The van der Waals surface area contributed by atoms with Crippen molar-refractivity contribution in [3.63, 3.8) is 0 Å². The monoisotopic (exact) mass is 392 g/mol. The highest BCUT2D eigenvalue weighted by Gasteiger charge is 2.15. The molecular weight excluding hydrogens is 383 g/mol. The first kappa shape index (κ1) is 15.0. The topological polar surface area (TPSA) is 72.2 Å². The summed E-state index contributed by atoms with van der Waals surface area (Å²) in [6.07, 6.45) is 5.30. The summed E-state index contributed by atoms with van der Waals surface area (Å²) < 4.78 is 0.629. The summed E-state index contributed by atoms with van der Waals surface area (Å²) >= 11 is 1.96. The Labute approximate surface area is 134 Å². The highest BCUT2D eigenvalue weighted by molar-refractivity contribution is 14.1. The number of anilines is 1. The predicted molar refractivity (Wildman–Crippen MR) is 88.1 cm³/mol. The SMILES string of the molecule is C#Cc1cccc(NC(=O)c2cc([N+](=O)[O-])ccc2I)c1. The van der Waals surface area contributed by atoms with Gasteiger partial charge in [0.1, 0.15) is 0 Å². The second-order valence-electron chi connectivity index (χ2n) is 4.10. The van der Waals surface area contributed by atoms with Crippen LogP contribution in [0.1, 0.15) is 15.9 Å². The Kier molecular flexibility index (Phi) is 4.55.